The minimum atomic E-state index is -4.76. The molecule has 0 aliphatic carbocycles. The molecule has 0 atom stereocenters. The number of hydrogen-bond acceptors (Lipinski definition) is 7. The summed E-state index contributed by atoms with van der Waals surface area (Å²) in [5.41, 5.74) is -2.08. The topological polar surface area (TPSA) is 89.5 Å². The smallest absolute Gasteiger partial charge is 0.377 e. The Bertz CT molecular complexity index is 627. The molecule has 0 aliphatic heterocycles. The maximum atomic E-state index is 12.8. The van der Waals surface area contributed by atoms with Crippen LogP contribution in [0.2, 0.25) is 0 Å². The highest BCUT2D eigenvalue weighted by molar-refractivity contribution is 7.13. The van der Waals surface area contributed by atoms with Gasteiger partial charge in [-0.25, -0.2) is 0 Å². The highest BCUT2D eigenvalue weighted by atomic mass is 32.1. The van der Waals surface area contributed by atoms with Gasteiger partial charge in [0.1, 0.15) is 17.7 Å². The number of halogens is 3. The first-order valence-corrected chi connectivity index (χ1v) is 5.53. The molecule has 0 unspecified atom stereocenters. The Hall–Kier alpha value is -2.06. The van der Waals surface area contributed by atoms with Gasteiger partial charge < -0.3 is 4.74 Å². The molecular weight excluding hydrogens is 285 g/mol. The van der Waals surface area contributed by atoms with Gasteiger partial charge in [-0.3, -0.25) is 0 Å². The summed E-state index contributed by atoms with van der Waals surface area (Å²) in [6, 6.07) is 1.34. The van der Waals surface area contributed by atoms with E-state index in [1.165, 1.54) is 13.2 Å². The molecule has 0 N–H and O–H groups in total. The summed E-state index contributed by atoms with van der Waals surface area (Å²) in [5.74, 6) is 0. The van der Waals surface area contributed by atoms with Crippen LogP contribution in [0.25, 0.3) is 5.13 Å². The first kappa shape index (κ1) is 13.4. The van der Waals surface area contributed by atoms with E-state index in [1.54, 1.807) is 0 Å². The van der Waals surface area contributed by atoms with Gasteiger partial charge in [0.2, 0.25) is 5.13 Å². The van der Waals surface area contributed by atoms with Gasteiger partial charge in [0.15, 0.2) is 11.4 Å². The normalized spacial score (nSPS) is 11.5. The molecular formula is C8H5F3N6OS. The molecule has 100 valence electrons. The number of hydrogen-bond donors (Lipinski definition) is 0. The fourth-order valence-corrected chi connectivity index (χ4v) is 2.02. The van der Waals surface area contributed by atoms with Gasteiger partial charge in [-0.1, -0.05) is 16.6 Å². The van der Waals surface area contributed by atoms with Gasteiger partial charge in [0.05, 0.1) is 0 Å². The summed E-state index contributed by atoms with van der Waals surface area (Å²) in [4.78, 5) is 0. The molecule has 2 rings (SSSR count). The second-order valence-electron chi connectivity index (χ2n) is 3.22. The van der Waals surface area contributed by atoms with E-state index in [4.69, 9.17) is 10.00 Å². The van der Waals surface area contributed by atoms with Crippen molar-refractivity contribution in [2.75, 3.05) is 7.11 Å². The molecule has 7 nitrogen and oxygen atoms in total. The van der Waals surface area contributed by atoms with Crippen LogP contribution < -0.4 is 0 Å². The largest absolute Gasteiger partial charge is 0.436 e. The number of methoxy groups -OCH3 is 1. The zero-order valence-electron chi connectivity index (χ0n) is 9.34. The SMILES string of the molecule is COCc1nnc(-n2nnc(C#N)c2C(F)(F)F)s1. The van der Waals surface area contributed by atoms with Gasteiger partial charge in [0, 0.05) is 7.11 Å². The van der Waals surface area contributed by atoms with E-state index in [0.29, 0.717) is 9.69 Å². The molecule has 19 heavy (non-hydrogen) atoms. The van der Waals surface area contributed by atoms with Gasteiger partial charge in [0.25, 0.3) is 0 Å². The van der Waals surface area contributed by atoms with E-state index in [2.05, 4.69) is 20.5 Å². The predicted molar refractivity (Wildman–Crippen MR) is 55.3 cm³/mol. The van der Waals surface area contributed by atoms with Crippen LogP contribution in [0.1, 0.15) is 16.4 Å². The van der Waals surface area contributed by atoms with Crippen LogP contribution in [0.3, 0.4) is 0 Å². The Kier molecular flexibility index (Phi) is 3.45. The lowest BCUT2D eigenvalue weighted by molar-refractivity contribution is -0.143. The summed E-state index contributed by atoms with van der Waals surface area (Å²) in [6.45, 7) is 0.124. The van der Waals surface area contributed by atoms with Crippen LogP contribution in [0.15, 0.2) is 0 Å². The zero-order chi connectivity index (χ0) is 14.0. The number of nitrogens with zero attached hydrogens (tertiary/aromatic N) is 6. The lowest BCUT2D eigenvalue weighted by Gasteiger charge is -2.06. The van der Waals surface area contributed by atoms with Crippen LogP contribution in [0, 0.1) is 11.3 Å². The van der Waals surface area contributed by atoms with Gasteiger partial charge >= 0.3 is 6.18 Å². The summed E-state index contributed by atoms with van der Waals surface area (Å²) < 4.78 is 43.8. The van der Waals surface area contributed by atoms with Crippen molar-refractivity contribution >= 4 is 11.3 Å². The van der Waals surface area contributed by atoms with E-state index in [-0.39, 0.29) is 11.7 Å². The van der Waals surface area contributed by atoms with Crippen LogP contribution >= 0.6 is 11.3 Å². The Morgan fingerprint density at radius 2 is 2.11 bits per heavy atom. The van der Waals surface area contributed by atoms with Gasteiger partial charge in [-0.2, -0.15) is 23.1 Å². The van der Waals surface area contributed by atoms with E-state index in [0.717, 1.165) is 11.3 Å². The molecule has 0 bridgehead atoms. The van der Waals surface area contributed by atoms with E-state index in [9.17, 15) is 13.2 Å². The second-order valence-corrected chi connectivity index (χ2v) is 4.26. The van der Waals surface area contributed by atoms with E-state index in [1.807, 2.05) is 0 Å². The van der Waals surface area contributed by atoms with Crippen molar-refractivity contribution in [3.63, 3.8) is 0 Å². The summed E-state index contributed by atoms with van der Waals surface area (Å²) in [6.07, 6.45) is -4.76. The van der Waals surface area contributed by atoms with Crippen molar-refractivity contribution in [1.29, 1.82) is 5.26 Å². The Morgan fingerprint density at radius 1 is 1.37 bits per heavy atom. The zero-order valence-corrected chi connectivity index (χ0v) is 10.2. The van der Waals surface area contributed by atoms with Crippen LogP contribution in [0.4, 0.5) is 13.2 Å². The summed E-state index contributed by atoms with van der Waals surface area (Å²) >= 11 is 0.868. The van der Waals surface area contributed by atoms with Gasteiger partial charge in [-0.05, 0) is 0 Å². The molecule has 2 aromatic rings. The minimum absolute atomic E-state index is 0.124. The Labute approximate surface area is 108 Å². The summed E-state index contributed by atoms with van der Waals surface area (Å²) in [7, 11) is 1.42. The molecule has 0 aromatic carbocycles. The first-order valence-electron chi connectivity index (χ1n) is 4.72. The third-order valence-electron chi connectivity index (χ3n) is 1.95. The number of rotatable bonds is 3. The Balaban J connectivity index is 2.50. The van der Waals surface area contributed by atoms with E-state index >= 15 is 0 Å². The molecule has 0 spiro atoms. The third kappa shape index (κ3) is 2.54. The van der Waals surface area contributed by atoms with Crippen molar-refractivity contribution in [2.24, 2.45) is 0 Å². The summed E-state index contributed by atoms with van der Waals surface area (Å²) in [5, 5.41) is 22.5. The van der Waals surface area contributed by atoms with Crippen molar-refractivity contribution in [1.82, 2.24) is 25.2 Å². The number of ether oxygens (including phenoxy) is 1. The molecule has 0 amide bonds. The van der Waals surface area contributed by atoms with Crippen molar-refractivity contribution in [2.45, 2.75) is 12.8 Å². The van der Waals surface area contributed by atoms with Crippen molar-refractivity contribution in [3.05, 3.63) is 16.4 Å². The standard InChI is InChI=1S/C8H5F3N6OS/c1-18-3-5-14-15-7(19-5)17-6(8(9,10)11)4(2-12)13-16-17/h3H2,1H3. The van der Waals surface area contributed by atoms with Crippen molar-refractivity contribution < 1.29 is 17.9 Å². The first-order chi connectivity index (χ1) is 8.97. The van der Waals surface area contributed by atoms with E-state index < -0.39 is 17.6 Å². The number of alkyl halides is 3. The van der Waals surface area contributed by atoms with Crippen LogP contribution in [-0.4, -0.2) is 32.3 Å². The molecule has 0 saturated heterocycles. The lowest BCUT2D eigenvalue weighted by atomic mass is 10.3. The lowest BCUT2D eigenvalue weighted by Crippen LogP contribution is -2.14. The third-order valence-corrected chi connectivity index (χ3v) is 2.82. The highest BCUT2D eigenvalue weighted by Crippen LogP contribution is 2.32. The average Bonchev–Trinajstić information content (AvgIpc) is 2.93. The molecule has 0 aliphatic rings. The maximum Gasteiger partial charge on any atom is 0.436 e. The molecule has 0 radical (unpaired) electrons. The number of nitriles is 1. The molecule has 2 aromatic heterocycles. The van der Waals surface area contributed by atoms with Gasteiger partial charge in [-0.15, -0.1) is 15.3 Å². The molecule has 0 saturated carbocycles. The fraction of sp³-hybridized carbons (Fsp3) is 0.375. The maximum absolute atomic E-state index is 12.8. The number of aromatic nitrogens is 5. The highest BCUT2D eigenvalue weighted by Gasteiger charge is 2.40. The fourth-order valence-electron chi connectivity index (χ4n) is 1.26. The van der Waals surface area contributed by atoms with Crippen molar-refractivity contribution in [3.8, 4) is 11.2 Å². The molecule has 2 heterocycles. The molecule has 11 heteroatoms. The second kappa shape index (κ2) is 4.90. The molecule has 0 fully saturated rings. The minimum Gasteiger partial charge on any atom is -0.377 e. The van der Waals surface area contributed by atoms with Crippen LogP contribution in [-0.2, 0) is 17.5 Å². The quantitative estimate of drug-likeness (QED) is 0.842. The van der Waals surface area contributed by atoms with Crippen LogP contribution in [0.5, 0.6) is 0 Å². The Morgan fingerprint density at radius 3 is 2.68 bits per heavy atom. The monoisotopic (exact) mass is 290 g/mol. The average molecular weight is 290 g/mol. The predicted octanol–water partition coefficient (Wildman–Crippen LogP) is 1.16.